The van der Waals surface area contributed by atoms with Crippen molar-refractivity contribution >= 4 is 55.0 Å². The SMILES string of the molecule is CN1CCC(N2CCCCC2)CC1.CN1CCC([N+](C)(C)C)CC1.COc1ccc(C2=NC=CC2)cc1.COc1ccc(N(CCO)CCO)cc1.Cc1ccc([S+](c2ccccc2)c2ccccc2)cc1.[Br-].c1ccc([S+](c2ccccc2)c2ccccc2)cc1.c1ccc([S+](c2ccccc2)c2ccccc2)cc1.c1ccc([S+](c2ccccc2)c2ccccc2)cc1. The monoisotopic (exact) mass is 1870 g/mol. The summed E-state index contributed by atoms with van der Waals surface area (Å²) in [5.74, 6) is 1.68. The molecule has 18 rings (SSSR count). The van der Waals surface area contributed by atoms with E-state index in [1.807, 2.05) is 59.6 Å². The standard InChI is InChI=1S/C19H17S.3C18H15S.C11H22N2.C11H17NO3.C11H11NO.C9H21N2.BrH/c1-16-12-14-19(15-13-16)20(17-8-4-2-5-9-17)18-10-6-3-7-11-18;3*1-4-10-16(11-5-1)19(17-12-6-2-7-13-17)18-14-8-3-9-15-18;1-12-9-5-11(6-10-12)13-7-3-2-4-8-13;1-15-11-4-2-10(3-5-11)12(6-8-13)7-9-14;1-13-10-6-4-9(5-7-10)11-3-2-8-12-11;1-10-7-5-9(6-8-10)11(2,3)4;/h2-15H,1H3;3*1-15H;11H,2-10H2,1H3;2-5,13-14H,6-9H2,1H3;2,4-8H,3H2,1H3;9H,5-8H2,1-4H3;1H/q4*+1;;;;+1;/p-1. The normalized spacial score (nSPS) is 13.8. The van der Waals surface area contributed by atoms with Crippen molar-refractivity contribution in [2.75, 3.05) is 120 Å². The number of aliphatic hydroxyl groups excluding tert-OH is 2. The van der Waals surface area contributed by atoms with E-state index in [1.54, 1.807) is 14.2 Å². The topological polar surface area (TPSA) is 84.2 Å². The van der Waals surface area contributed by atoms with Crippen LogP contribution < -0.4 is 31.4 Å². The minimum absolute atomic E-state index is 0. The number of ether oxygens (including phenoxy) is 2. The lowest BCUT2D eigenvalue weighted by Gasteiger charge is -2.39. The van der Waals surface area contributed by atoms with Crippen molar-refractivity contribution in [1.82, 2.24) is 14.7 Å². The minimum Gasteiger partial charge on any atom is -1.00 e. The smallest absolute Gasteiger partial charge is 0.166 e. The van der Waals surface area contributed by atoms with Crippen LogP contribution in [0.1, 0.15) is 62.5 Å². The van der Waals surface area contributed by atoms with Gasteiger partial charge in [0.25, 0.3) is 0 Å². The molecule has 0 bridgehead atoms. The fourth-order valence-electron chi connectivity index (χ4n) is 15.6. The summed E-state index contributed by atoms with van der Waals surface area (Å²) < 4.78 is 11.3. The number of benzene rings is 14. The number of likely N-dealkylation sites (tertiary alicyclic amines) is 3. The summed E-state index contributed by atoms with van der Waals surface area (Å²) in [6.07, 6.45) is 14.7. The predicted molar refractivity (Wildman–Crippen MR) is 548 cm³/mol. The first kappa shape index (κ1) is 102. The fourth-order valence-corrected chi connectivity index (χ4v) is 24.0. The van der Waals surface area contributed by atoms with Gasteiger partial charge in [-0.25, -0.2) is 0 Å². The highest BCUT2D eigenvalue weighted by molar-refractivity contribution is 7.98. The molecule has 2 N–H and O–H groups in total. The van der Waals surface area contributed by atoms with E-state index < -0.39 is 0 Å². The van der Waals surface area contributed by atoms with E-state index in [-0.39, 0.29) is 73.8 Å². The maximum Gasteiger partial charge on any atom is 0.166 e. The Labute approximate surface area is 799 Å². The van der Waals surface area contributed by atoms with Crippen LogP contribution >= 0.6 is 0 Å². The van der Waals surface area contributed by atoms with Gasteiger partial charge in [-0.3, -0.25) is 4.99 Å². The molecule has 674 valence electrons. The van der Waals surface area contributed by atoms with E-state index in [0.717, 1.165) is 45.9 Å². The first-order valence-corrected chi connectivity index (χ1v) is 50.2. The molecule has 0 saturated carbocycles. The lowest BCUT2D eigenvalue weighted by atomic mass is 10.0. The number of nitrogens with zero attached hydrogens (tertiary/aromatic N) is 6. The van der Waals surface area contributed by atoms with Crippen molar-refractivity contribution in [2.45, 2.75) is 129 Å². The number of piperidine rings is 3. The van der Waals surface area contributed by atoms with Gasteiger partial charge in [-0.1, -0.05) is 230 Å². The van der Waals surface area contributed by atoms with E-state index in [2.05, 4.69) is 426 Å². The highest BCUT2D eigenvalue weighted by atomic mass is 79.9. The zero-order valence-electron chi connectivity index (χ0n) is 77.1. The largest absolute Gasteiger partial charge is 1.00 e. The van der Waals surface area contributed by atoms with Crippen LogP contribution in [0.5, 0.6) is 11.5 Å². The van der Waals surface area contributed by atoms with E-state index in [9.17, 15) is 0 Å². The van der Waals surface area contributed by atoms with Crippen LogP contribution in [0.4, 0.5) is 5.69 Å². The second-order valence-electron chi connectivity index (χ2n) is 32.8. The van der Waals surface area contributed by atoms with Crippen molar-refractivity contribution < 1.29 is 41.2 Å². The van der Waals surface area contributed by atoms with Gasteiger partial charge in [-0.05, 0) is 273 Å². The zero-order chi connectivity index (χ0) is 90.3. The third kappa shape index (κ3) is 33.4. The summed E-state index contributed by atoms with van der Waals surface area (Å²) in [4.78, 5) is 30.1. The Morgan fingerprint density at radius 1 is 0.338 bits per heavy atom. The zero-order valence-corrected chi connectivity index (χ0v) is 82.0. The molecule has 14 aromatic carbocycles. The van der Waals surface area contributed by atoms with Crippen molar-refractivity contribution in [1.29, 1.82) is 0 Å². The second kappa shape index (κ2) is 57.0. The van der Waals surface area contributed by atoms with Gasteiger partial charge in [-0.2, -0.15) is 0 Å². The number of aliphatic imine (C=N–C) groups is 1. The Hall–Kier alpha value is -10.5. The quantitative estimate of drug-likeness (QED) is 0.0513. The molecule has 14 aromatic rings. The van der Waals surface area contributed by atoms with Gasteiger partial charge in [0.1, 0.15) is 11.5 Å². The van der Waals surface area contributed by atoms with E-state index >= 15 is 0 Å². The molecular weight excluding hydrogens is 1740 g/mol. The van der Waals surface area contributed by atoms with E-state index in [0.29, 0.717) is 13.1 Å². The average Bonchev–Trinajstić information content (AvgIpc) is 0.829. The van der Waals surface area contributed by atoms with Gasteiger partial charge in [0.2, 0.25) is 0 Å². The minimum atomic E-state index is -0.0229. The number of hydrogen-bond donors (Lipinski definition) is 2. The number of rotatable bonds is 22. The molecule has 130 heavy (non-hydrogen) atoms. The summed E-state index contributed by atoms with van der Waals surface area (Å²) in [5.41, 5.74) is 4.57. The summed E-state index contributed by atoms with van der Waals surface area (Å²) in [7, 11) is 14.6. The Bertz CT molecular complexity index is 4760. The summed E-state index contributed by atoms with van der Waals surface area (Å²) >= 11 is 0. The number of aliphatic hydroxyl groups is 2. The van der Waals surface area contributed by atoms with E-state index in [4.69, 9.17) is 19.7 Å². The Morgan fingerprint density at radius 2 is 0.600 bits per heavy atom. The van der Waals surface area contributed by atoms with Gasteiger partial charge in [-0.15, -0.1) is 0 Å². The summed E-state index contributed by atoms with van der Waals surface area (Å²) in [5, 5.41) is 17.8. The molecule has 4 aliphatic heterocycles. The Kier molecular flexibility index (Phi) is 44.5. The van der Waals surface area contributed by atoms with Crippen molar-refractivity contribution in [3.05, 3.63) is 430 Å². The molecule has 4 heterocycles. The fraction of sp³-hybridized carbons (Fsp3) is 0.243. The summed E-state index contributed by atoms with van der Waals surface area (Å²) in [6.45, 7) is 11.2. The lowest BCUT2D eigenvalue weighted by Crippen LogP contribution is -3.00. The number of quaternary nitrogens is 1. The van der Waals surface area contributed by atoms with Gasteiger partial charge >= 0.3 is 0 Å². The highest BCUT2D eigenvalue weighted by Gasteiger charge is 2.33. The molecular formula is C115H133BrN6O4S4+4. The van der Waals surface area contributed by atoms with Crippen LogP contribution in [0.3, 0.4) is 0 Å². The predicted octanol–water partition coefficient (Wildman–Crippen LogP) is 21.7. The molecule has 0 aliphatic carbocycles. The number of allylic oxidation sites excluding steroid dienone is 1. The van der Waals surface area contributed by atoms with Crippen LogP contribution in [0.15, 0.2) is 482 Å². The third-order valence-electron chi connectivity index (χ3n) is 22.7. The van der Waals surface area contributed by atoms with Crippen LogP contribution in [-0.2, 0) is 43.6 Å². The molecule has 0 atom stereocenters. The number of anilines is 1. The highest BCUT2D eigenvalue weighted by Crippen LogP contribution is 2.36. The van der Waals surface area contributed by atoms with Gasteiger partial charge in [0, 0.05) is 63.4 Å². The number of hydrogen-bond acceptors (Lipinski definition) is 9. The van der Waals surface area contributed by atoms with Crippen molar-refractivity contribution in [2.24, 2.45) is 4.99 Å². The lowest BCUT2D eigenvalue weighted by molar-refractivity contribution is -0.897. The number of halogens is 1. The van der Waals surface area contributed by atoms with Gasteiger partial charge in [0.15, 0.2) is 58.7 Å². The Morgan fingerprint density at radius 3 is 0.846 bits per heavy atom. The maximum atomic E-state index is 8.88. The second-order valence-corrected chi connectivity index (χ2v) is 40.9. The van der Waals surface area contributed by atoms with Gasteiger partial charge < -0.3 is 60.8 Å². The van der Waals surface area contributed by atoms with Gasteiger partial charge in [0.05, 0.1) is 104 Å². The third-order valence-corrected chi connectivity index (χ3v) is 31.6. The molecule has 0 spiro atoms. The molecule has 0 amide bonds. The number of aryl methyl sites for hydroxylation is 1. The molecule has 0 unspecified atom stereocenters. The molecule has 3 saturated heterocycles. The van der Waals surface area contributed by atoms with E-state index in [1.165, 1.54) is 154 Å². The van der Waals surface area contributed by atoms with Crippen molar-refractivity contribution in [3.63, 3.8) is 0 Å². The molecule has 10 nitrogen and oxygen atoms in total. The number of methoxy groups -OCH3 is 2. The van der Waals surface area contributed by atoms with Crippen LogP contribution in [0.25, 0.3) is 0 Å². The first-order valence-electron chi connectivity index (χ1n) is 45.3. The molecule has 15 heteroatoms. The Balaban J connectivity index is 0.000000155. The molecule has 0 radical (unpaired) electrons. The molecule has 3 fully saturated rings. The summed E-state index contributed by atoms with van der Waals surface area (Å²) in [6, 6.07) is 144. The van der Waals surface area contributed by atoms with Crippen molar-refractivity contribution in [3.8, 4) is 11.5 Å². The van der Waals surface area contributed by atoms with Crippen LogP contribution in [-0.4, -0.2) is 162 Å². The van der Waals surface area contributed by atoms with Crippen LogP contribution in [0.2, 0.25) is 0 Å². The maximum absolute atomic E-state index is 8.88. The molecule has 4 aliphatic rings. The van der Waals surface area contributed by atoms with Crippen LogP contribution in [0, 0.1) is 6.92 Å². The first-order chi connectivity index (χ1) is 63.3. The average molecular weight is 1870 g/mol. The molecule has 0 aromatic heterocycles.